The summed E-state index contributed by atoms with van der Waals surface area (Å²) in [6.07, 6.45) is 1.84. The van der Waals surface area contributed by atoms with Crippen LogP contribution in [0.25, 0.3) is 33.3 Å². The van der Waals surface area contributed by atoms with Crippen LogP contribution in [0.15, 0.2) is 103 Å². The van der Waals surface area contributed by atoms with Crippen molar-refractivity contribution in [3.63, 3.8) is 0 Å². The average molecular weight is 446 g/mol. The minimum atomic E-state index is -0.0504. The zero-order valence-electron chi connectivity index (χ0n) is 19.2. The highest BCUT2D eigenvalue weighted by Gasteiger charge is 2.12. The third kappa shape index (κ3) is 4.76. The van der Waals surface area contributed by atoms with Crippen LogP contribution in [0.4, 0.5) is 0 Å². The molecule has 0 aliphatic carbocycles. The number of benzene rings is 4. The number of hydrogen-bond donors (Lipinski definition) is 2. The molecule has 5 aromatic rings. The molecule has 2 N–H and O–H groups in total. The summed E-state index contributed by atoms with van der Waals surface area (Å²) in [6.45, 7) is 2.05. The summed E-state index contributed by atoms with van der Waals surface area (Å²) in [5, 5.41) is 13.2. The topological polar surface area (TPSA) is 57.8 Å². The molecule has 34 heavy (non-hydrogen) atoms. The molecule has 4 nitrogen and oxygen atoms in total. The molecule has 0 fully saturated rings. The molecule has 0 radical (unpaired) electrons. The lowest BCUT2D eigenvalue weighted by Crippen LogP contribution is -2.32. The van der Waals surface area contributed by atoms with Crippen molar-refractivity contribution in [2.45, 2.75) is 25.8 Å². The number of aromatic nitrogens is 2. The third-order valence-electron chi connectivity index (χ3n) is 6.19. The first-order valence-electron chi connectivity index (χ1n) is 11.7. The maximum Gasteiger partial charge on any atom is 0.251 e. The predicted octanol–water partition coefficient (Wildman–Crippen LogP) is 6.65. The van der Waals surface area contributed by atoms with Crippen LogP contribution in [0.3, 0.4) is 0 Å². The normalized spacial score (nSPS) is 11.9. The van der Waals surface area contributed by atoms with Gasteiger partial charge in [-0.05, 0) is 54.3 Å². The molecular weight excluding hydrogens is 418 g/mol. The van der Waals surface area contributed by atoms with E-state index in [-0.39, 0.29) is 11.9 Å². The van der Waals surface area contributed by atoms with Gasteiger partial charge in [-0.15, -0.1) is 0 Å². The summed E-state index contributed by atoms with van der Waals surface area (Å²) < 4.78 is 0. The van der Waals surface area contributed by atoms with Crippen molar-refractivity contribution >= 4 is 16.7 Å². The van der Waals surface area contributed by atoms with Gasteiger partial charge in [0.05, 0.1) is 11.4 Å². The summed E-state index contributed by atoms with van der Waals surface area (Å²) in [7, 11) is 0. The Balaban J connectivity index is 1.25. The van der Waals surface area contributed by atoms with Crippen LogP contribution in [-0.2, 0) is 6.42 Å². The van der Waals surface area contributed by atoms with Gasteiger partial charge >= 0.3 is 0 Å². The minimum Gasteiger partial charge on any atom is -0.350 e. The van der Waals surface area contributed by atoms with Crippen LogP contribution in [0.2, 0.25) is 0 Å². The van der Waals surface area contributed by atoms with Crippen molar-refractivity contribution in [1.29, 1.82) is 0 Å². The van der Waals surface area contributed by atoms with Gasteiger partial charge in [-0.25, -0.2) is 0 Å². The Morgan fingerprint density at radius 2 is 1.62 bits per heavy atom. The number of hydrogen-bond acceptors (Lipinski definition) is 2. The number of carbonyl (C=O) groups is 1. The Morgan fingerprint density at radius 1 is 0.882 bits per heavy atom. The molecule has 0 aliphatic heterocycles. The van der Waals surface area contributed by atoms with Gasteiger partial charge < -0.3 is 5.32 Å². The summed E-state index contributed by atoms with van der Waals surface area (Å²) in [6, 6.07) is 34.7. The molecule has 1 atom stereocenters. The van der Waals surface area contributed by atoms with Gasteiger partial charge in [0.15, 0.2) is 0 Å². The lowest BCUT2D eigenvalue weighted by Gasteiger charge is -2.14. The Morgan fingerprint density at radius 3 is 2.44 bits per heavy atom. The molecule has 0 spiro atoms. The van der Waals surface area contributed by atoms with E-state index in [0.717, 1.165) is 35.4 Å². The zero-order valence-corrected chi connectivity index (χ0v) is 19.2. The first kappa shape index (κ1) is 21.7. The van der Waals surface area contributed by atoms with Crippen LogP contribution >= 0.6 is 0 Å². The van der Waals surface area contributed by atoms with Gasteiger partial charge in [0.1, 0.15) is 0 Å². The number of nitrogens with one attached hydrogen (secondary N) is 2. The number of carbonyl (C=O) groups excluding carboxylic acids is 1. The van der Waals surface area contributed by atoms with Gasteiger partial charge in [-0.2, -0.15) is 5.10 Å². The number of aryl methyl sites for hydroxylation is 1. The SMILES string of the molecule is C[C@H](CCc1ccccc1)NC(=O)c1ccc(-c2cc(-c3cccc4ccccc34)[nH]n2)cc1. The summed E-state index contributed by atoms with van der Waals surface area (Å²) in [5.74, 6) is -0.0504. The third-order valence-corrected chi connectivity index (χ3v) is 6.19. The van der Waals surface area contributed by atoms with E-state index in [0.29, 0.717) is 5.56 Å². The lowest BCUT2D eigenvalue weighted by molar-refractivity contribution is 0.0938. The van der Waals surface area contributed by atoms with Gasteiger partial charge in [-0.1, -0.05) is 84.9 Å². The maximum atomic E-state index is 12.7. The van der Waals surface area contributed by atoms with E-state index >= 15 is 0 Å². The van der Waals surface area contributed by atoms with E-state index in [4.69, 9.17) is 0 Å². The van der Waals surface area contributed by atoms with Gasteiger partial charge in [0, 0.05) is 22.7 Å². The molecule has 1 amide bonds. The van der Waals surface area contributed by atoms with E-state index in [1.165, 1.54) is 16.3 Å². The predicted molar refractivity (Wildman–Crippen MR) is 139 cm³/mol. The van der Waals surface area contributed by atoms with E-state index in [2.05, 4.69) is 70.1 Å². The highest BCUT2D eigenvalue weighted by molar-refractivity contribution is 5.96. The van der Waals surface area contributed by atoms with Crippen molar-refractivity contribution in [2.24, 2.45) is 0 Å². The van der Waals surface area contributed by atoms with E-state index in [9.17, 15) is 4.79 Å². The molecule has 4 aromatic carbocycles. The van der Waals surface area contributed by atoms with E-state index in [1.807, 2.05) is 55.5 Å². The molecule has 4 heteroatoms. The number of rotatable bonds is 7. The quantitative estimate of drug-likeness (QED) is 0.295. The summed E-state index contributed by atoms with van der Waals surface area (Å²) in [5.41, 5.74) is 5.86. The van der Waals surface area contributed by atoms with Gasteiger partial charge in [0.2, 0.25) is 0 Å². The number of amides is 1. The van der Waals surface area contributed by atoms with Crippen LogP contribution in [-0.4, -0.2) is 22.1 Å². The van der Waals surface area contributed by atoms with Crippen molar-refractivity contribution in [3.8, 4) is 22.5 Å². The minimum absolute atomic E-state index is 0.0504. The molecule has 1 aromatic heterocycles. The first-order valence-corrected chi connectivity index (χ1v) is 11.7. The van der Waals surface area contributed by atoms with Gasteiger partial charge in [0.25, 0.3) is 5.91 Å². The monoisotopic (exact) mass is 445 g/mol. The fourth-order valence-electron chi connectivity index (χ4n) is 4.27. The number of aromatic amines is 1. The smallest absolute Gasteiger partial charge is 0.251 e. The van der Waals surface area contributed by atoms with Crippen LogP contribution in [0, 0.1) is 0 Å². The van der Waals surface area contributed by atoms with Gasteiger partial charge in [-0.3, -0.25) is 9.89 Å². The lowest BCUT2D eigenvalue weighted by atomic mass is 10.0. The Kier molecular flexibility index (Phi) is 6.21. The highest BCUT2D eigenvalue weighted by atomic mass is 16.1. The molecule has 0 aliphatic rings. The fraction of sp³-hybridized carbons (Fsp3) is 0.133. The molecule has 0 saturated heterocycles. The van der Waals surface area contributed by atoms with Crippen LogP contribution in [0.5, 0.6) is 0 Å². The summed E-state index contributed by atoms with van der Waals surface area (Å²) >= 11 is 0. The standard InChI is InChI=1S/C30H27N3O/c1-21(14-15-22-8-3-2-4-9-22)31-30(34)25-18-16-24(17-19-25)28-20-29(33-32-28)27-13-7-11-23-10-5-6-12-26(23)27/h2-13,16-21H,14-15H2,1H3,(H,31,34)(H,32,33)/t21-/m1/s1. The molecular formula is C30H27N3O. The van der Waals surface area contributed by atoms with E-state index < -0.39 is 0 Å². The van der Waals surface area contributed by atoms with Crippen molar-refractivity contribution in [3.05, 3.63) is 114 Å². The van der Waals surface area contributed by atoms with E-state index in [1.54, 1.807) is 0 Å². The number of H-pyrrole nitrogens is 1. The first-order chi connectivity index (χ1) is 16.7. The number of fused-ring (bicyclic) bond motifs is 1. The Labute approximate surface area is 199 Å². The molecule has 0 saturated carbocycles. The largest absolute Gasteiger partial charge is 0.350 e. The molecule has 168 valence electrons. The molecule has 0 bridgehead atoms. The van der Waals surface area contributed by atoms with Crippen LogP contribution < -0.4 is 5.32 Å². The van der Waals surface area contributed by atoms with Crippen molar-refractivity contribution in [1.82, 2.24) is 15.5 Å². The fourth-order valence-corrected chi connectivity index (χ4v) is 4.27. The Bertz CT molecular complexity index is 1400. The number of nitrogens with zero attached hydrogens (tertiary/aromatic N) is 1. The zero-order chi connectivity index (χ0) is 23.3. The van der Waals surface area contributed by atoms with Crippen molar-refractivity contribution in [2.75, 3.05) is 0 Å². The average Bonchev–Trinajstić information content (AvgIpc) is 3.38. The second-order valence-electron chi connectivity index (χ2n) is 8.67. The molecule has 0 unspecified atom stereocenters. The Hall–Kier alpha value is -4.18. The second kappa shape index (κ2) is 9.75. The molecule has 5 rings (SSSR count). The van der Waals surface area contributed by atoms with Crippen molar-refractivity contribution < 1.29 is 4.79 Å². The summed E-state index contributed by atoms with van der Waals surface area (Å²) in [4.78, 5) is 12.7. The maximum absolute atomic E-state index is 12.7. The second-order valence-corrected chi connectivity index (χ2v) is 8.67. The highest BCUT2D eigenvalue weighted by Crippen LogP contribution is 2.29. The molecule has 1 heterocycles. The van der Waals surface area contributed by atoms with Crippen LogP contribution in [0.1, 0.15) is 29.3 Å².